The minimum Gasteiger partial charge on any atom is -0.355 e. The Morgan fingerprint density at radius 3 is 2.59 bits per heavy atom. The Kier molecular flexibility index (Phi) is 6.19. The van der Waals surface area contributed by atoms with Crippen molar-refractivity contribution in [2.75, 3.05) is 0 Å². The van der Waals surface area contributed by atoms with Gasteiger partial charge in [-0.3, -0.25) is 14.7 Å². The maximum Gasteiger partial charge on any atom is 0.209 e. The number of nitrogens with zero attached hydrogens (tertiary/aromatic N) is 2. The summed E-state index contributed by atoms with van der Waals surface area (Å²) in [6, 6.07) is 0. The average molecular weight is 389 g/mol. The van der Waals surface area contributed by atoms with Crippen LogP contribution in [0.5, 0.6) is 0 Å². The smallest absolute Gasteiger partial charge is 0.209 e. The van der Waals surface area contributed by atoms with Gasteiger partial charge >= 0.3 is 0 Å². The number of aromatic amines is 2. The van der Waals surface area contributed by atoms with E-state index in [9.17, 15) is 9.59 Å². The van der Waals surface area contributed by atoms with Crippen LogP contribution in [-0.4, -0.2) is 37.0 Å². The zero-order chi connectivity index (χ0) is 19.6. The van der Waals surface area contributed by atoms with Gasteiger partial charge in [0.2, 0.25) is 5.16 Å². The van der Waals surface area contributed by atoms with E-state index in [-0.39, 0.29) is 16.8 Å². The molecule has 2 aromatic heterocycles. The van der Waals surface area contributed by atoms with E-state index >= 15 is 0 Å². The molecule has 3 rings (SSSR count). The molecule has 146 valence electrons. The van der Waals surface area contributed by atoms with Crippen LogP contribution in [0, 0.1) is 19.8 Å². The zero-order valence-corrected chi connectivity index (χ0v) is 17.3. The third-order valence-electron chi connectivity index (χ3n) is 5.46. The number of hydrogen-bond acceptors (Lipinski definition) is 5. The molecule has 0 unspecified atom stereocenters. The molecule has 1 saturated carbocycles. The topological polar surface area (TPSA) is 91.5 Å². The lowest BCUT2D eigenvalue weighted by Gasteiger charge is -2.07. The van der Waals surface area contributed by atoms with Crippen molar-refractivity contribution < 1.29 is 9.59 Å². The van der Waals surface area contributed by atoms with Crippen LogP contribution in [-0.2, 0) is 6.42 Å². The van der Waals surface area contributed by atoms with E-state index in [1.165, 1.54) is 44.4 Å². The van der Waals surface area contributed by atoms with E-state index in [2.05, 4.69) is 20.2 Å². The number of hydrogen-bond donors (Lipinski definition) is 2. The second-order valence-corrected chi connectivity index (χ2v) is 8.87. The van der Waals surface area contributed by atoms with Gasteiger partial charge in [0.15, 0.2) is 11.6 Å². The summed E-state index contributed by atoms with van der Waals surface area (Å²) >= 11 is 1.35. The Balaban J connectivity index is 1.61. The number of ketones is 2. The van der Waals surface area contributed by atoms with Gasteiger partial charge < -0.3 is 4.98 Å². The van der Waals surface area contributed by atoms with Crippen LogP contribution in [0.2, 0.25) is 0 Å². The van der Waals surface area contributed by atoms with Crippen molar-refractivity contribution in [1.29, 1.82) is 0 Å². The highest BCUT2D eigenvalue weighted by Gasteiger charge is 2.25. The summed E-state index contributed by atoms with van der Waals surface area (Å²) in [5.74, 6) is 1.66. The maximum atomic E-state index is 12.8. The molecule has 6 nitrogen and oxygen atoms in total. The van der Waals surface area contributed by atoms with Crippen molar-refractivity contribution in [2.24, 2.45) is 5.92 Å². The molecule has 27 heavy (non-hydrogen) atoms. The van der Waals surface area contributed by atoms with Crippen molar-refractivity contribution >= 4 is 23.3 Å². The number of rotatable bonds is 8. The maximum absolute atomic E-state index is 12.8. The first-order valence-electron chi connectivity index (χ1n) is 9.69. The quantitative estimate of drug-likeness (QED) is 0.515. The van der Waals surface area contributed by atoms with Crippen LogP contribution in [0.3, 0.4) is 0 Å². The van der Waals surface area contributed by atoms with Gasteiger partial charge in [-0.15, -0.1) is 5.10 Å². The fraction of sp³-hybridized carbons (Fsp3) is 0.600. The minimum atomic E-state index is -0.333. The van der Waals surface area contributed by atoms with Gasteiger partial charge in [0, 0.05) is 17.7 Å². The highest BCUT2D eigenvalue weighted by molar-refractivity contribution is 8.00. The molecule has 0 radical (unpaired) electrons. The lowest BCUT2D eigenvalue weighted by atomic mass is 10.0. The molecule has 1 aliphatic carbocycles. The molecule has 2 N–H and O–H groups in total. The number of H-pyrrole nitrogens is 2. The van der Waals surface area contributed by atoms with E-state index < -0.39 is 0 Å². The molecule has 1 atom stereocenters. The SMILES string of the molecule is CC(=O)c1c(C)[nH]c(C(=O)[C@H](C)Sc2n[nH]c(CCC3CCCC3)n2)c1C. The summed E-state index contributed by atoms with van der Waals surface area (Å²) in [5, 5.41) is 7.54. The molecular weight excluding hydrogens is 360 g/mol. The standard InChI is InChI=1S/C20H28N4O2S/c1-11-17(13(3)25)12(2)21-18(11)19(26)14(4)27-20-22-16(23-24-20)10-9-15-7-5-6-8-15/h14-15,21H,5-10H2,1-4H3,(H,22,23,24)/t14-/m0/s1. The van der Waals surface area contributed by atoms with E-state index in [1.807, 2.05) is 20.8 Å². The summed E-state index contributed by atoms with van der Waals surface area (Å²) in [7, 11) is 0. The largest absolute Gasteiger partial charge is 0.355 e. The fourth-order valence-electron chi connectivity index (χ4n) is 4.02. The molecule has 2 heterocycles. The van der Waals surface area contributed by atoms with Gasteiger partial charge in [-0.1, -0.05) is 37.4 Å². The van der Waals surface area contributed by atoms with Crippen LogP contribution in [0.25, 0.3) is 0 Å². The van der Waals surface area contributed by atoms with Crippen molar-refractivity contribution in [3.8, 4) is 0 Å². The number of carbonyl (C=O) groups excluding carboxylic acids is 2. The highest BCUT2D eigenvalue weighted by Crippen LogP contribution is 2.29. The summed E-state index contributed by atoms with van der Waals surface area (Å²) in [6.07, 6.45) is 7.44. The van der Waals surface area contributed by atoms with Crippen LogP contribution in [0.1, 0.15) is 83.9 Å². The third-order valence-corrected chi connectivity index (χ3v) is 6.42. The lowest BCUT2D eigenvalue weighted by molar-refractivity contribution is 0.0988. The first-order valence-corrected chi connectivity index (χ1v) is 10.6. The van der Waals surface area contributed by atoms with Gasteiger partial charge in [0.25, 0.3) is 0 Å². The van der Waals surface area contributed by atoms with E-state index in [0.717, 1.165) is 35.8 Å². The van der Waals surface area contributed by atoms with E-state index in [0.29, 0.717) is 16.4 Å². The monoisotopic (exact) mass is 388 g/mol. The van der Waals surface area contributed by atoms with Crippen LogP contribution >= 0.6 is 11.8 Å². The number of carbonyl (C=O) groups is 2. The van der Waals surface area contributed by atoms with Gasteiger partial charge in [-0.2, -0.15) is 0 Å². The molecule has 2 aromatic rings. The number of nitrogens with one attached hydrogen (secondary N) is 2. The third kappa shape index (κ3) is 4.51. The normalized spacial score (nSPS) is 16.0. The first-order chi connectivity index (χ1) is 12.9. The van der Waals surface area contributed by atoms with Gasteiger partial charge in [-0.05, 0) is 45.6 Å². The van der Waals surface area contributed by atoms with Gasteiger partial charge in [-0.25, -0.2) is 4.98 Å². The molecule has 0 amide bonds. The Bertz CT molecular complexity index is 833. The Labute approximate surface area is 164 Å². The molecular formula is C20H28N4O2S. The predicted molar refractivity (Wildman–Crippen MR) is 107 cm³/mol. The van der Waals surface area contributed by atoms with Crippen molar-refractivity contribution in [3.05, 3.63) is 28.3 Å². The number of thioether (sulfide) groups is 1. The van der Waals surface area contributed by atoms with Gasteiger partial charge in [0.05, 0.1) is 10.9 Å². The van der Waals surface area contributed by atoms with Crippen molar-refractivity contribution in [3.63, 3.8) is 0 Å². The lowest BCUT2D eigenvalue weighted by Crippen LogP contribution is -2.15. The second kappa shape index (κ2) is 8.42. The molecule has 1 aliphatic rings. The summed E-state index contributed by atoms with van der Waals surface area (Å²) in [6.45, 7) is 7.02. The molecule has 0 spiro atoms. The minimum absolute atomic E-state index is 0.0264. The zero-order valence-electron chi connectivity index (χ0n) is 16.5. The molecule has 0 aliphatic heterocycles. The molecule has 0 bridgehead atoms. The molecule has 1 fully saturated rings. The number of aromatic nitrogens is 4. The Morgan fingerprint density at radius 2 is 1.96 bits per heavy atom. The summed E-state index contributed by atoms with van der Waals surface area (Å²) in [4.78, 5) is 32.2. The Hall–Kier alpha value is -1.89. The molecule has 0 saturated heterocycles. The van der Waals surface area contributed by atoms with Crippen LogP contribution in [0.4, 0.5) is 0 Å². The Morgan fingerprint density at radius 1 is 1.26 bits per heavy atom. The molecule has 0 aromatic carbocycles. The average Bonchev–Trinajstić information content (AvgIpc) is 3.33. The molecule has 7 heteroatoms. The predicted octanol–water partition coefficient (Wildman–Crippen LogP) is 4.44. The number of aryl methyl sites for hydroxylation is 2. The van der Waals surface area contributed by atoms with E-state index in [1.54, 1.807) is 0 Å². The van der Waals surface area contributed by atoms with E-state index in [4.69, 9.17) is 0 Å². The fourth-order valence-corrected chi connectivity index (χ4v) is 4.82. The number of Topliss-reactive ketones (excluding diaryl/α,β-unsaturated/α-hetero) is 2. The summed E-state index contributed by atoms with van der Waals surface area (Å²) in [5.41, 5.74) is 2.59. The van der Waals surface area contributed by atoms with Crippen molar-refractivity contribution in [1.82, 2.24) is 20.2 Å². The second-order valence-electron chi connectivity index (χ2n) is 7.56. The summed E-state index contributed by atoms with van der Waals surface area (Å²) < 4.78 is 0. The van der Waals surface area contributed by atoms with Crippen LogP contribution < -0.4 is 0 Å². The first kappa shape index (κ1) is 19.9. The van der Waals surface area contributed by atoms with Crippen molar-refractivity contribution in [2.45, 2.75) is 76.6 Å². The highest BCUT2D eigenvalue weighted by atomic mass is 32.2. The van der Waals surface area contributed by atoms with Crippen LogP contribution in [0.15, 0.2) is 5.16 Å². The van der Waals surface area contributed by atoms with Gasteiger partial charge in [0.1, 0.15) is 5.82 Å².